The number of unbranched alkanes of at least 4 members (excludes halogenated alkanes) is 2. The number of nitrogens with zero attached hydrogens (tertiary/aromatic N) is 6. The number of primary amides is 3. The Morgan fingerprint density at radius 1 is 0.519 bits per heavy atom. The molecule has 0 unspecified atom stereocenters. The highest BCUT2D eigenvalue weighted by Crippen LogP contribution is 2.28. The van der Waals surface area contributed by atoms with Crippen molar-refractivity contribution < 1.29 is 107 Å². The Labute approximate surface area is 769 Å². The predicted octanol–water partition coefficient (Wildman–Crippen LogP) is -4.59. The maximum Gasteiger partial charge on any atom is 0.246 e. The number of aromatic amines is 3. The van der Waals surface area contributed by atoms with E-state index < -0.39 is 273 Å². The summed E-state index contributed by atoms with van der Waals surface area (Å²) in [5.41, 5.74) is 19.4. The quantitative estimate of drug-likeness (QED) is 0.0256. The van der Waals surface area contributed by atoms with Gasteiger partial charge in [-0.1, -0.05) is 88.1 Å². The van der Waals surface area contributed by atoms with Crippen molar-refractivity contribution in [2.75, 3.05) is 65.5 Å². The first-order valence-corrected chi connectivity index (χ1v) is 45.2. The second-order valence-electron chi connectivity index (χ2n) is 33.4. The highest BCUT2D eigenvalue weighted by molar-refractivity contribution is 8.00. The number of benzene rings is 3. The summed E-state index contributed by atoms with van der Waals surface area (Å²) in [4.78, 5) is 280. The number of hydrogen-bond donors (Lipinski definition) is 20. The van der Waals surface area contributed by atoms with Crippen LogP contribution in [0.1, 0.15) is 127 Å². The summed E-state index contributed by atoms with van der Waals surface area (Å²) in [5.74, 6) is -19.2. The molecule has 6 aromatic rings. The molecule has 23 N–H and O–H groups in total. The van der Waals surface area contributed by atoms with Gasteiger partial charge in [-0.3, -0.25) is 86.3 Å². The molecular formula is C88H120N22O22S. The van der Waals surface area contributed by atoms with Gasteiger partial charge < -0.3 is 130 Å². The number of aromatic hydroxyl groups is 1. The SMILES string of the molecule is CCCC[C@H]1C(=O)N(C)[C@@H](CCCC)C(=O)N[C@@H](CCO)C(=O)N[C@H](C(=O)NCC(N)=O)CSCC(=O)N[C@@H](Cc2ccc(O)cc2)C(=O)N(C)[C@@H](C)C(=O)N[C@@H](CC(N)=O)C(=O)N2CCC[C@H]2C(=O)N[C@@H](Cc2c[nH]cn2)C(=O)N[C@@H](CCC(N)=O)C(=O)N2C[C@H](O)C[C@H]2C(=O)N[C@@H](Cc2c[nH]c3ccccc23)C(=O)N[C@@H](CO)C(=O)N[C@@H](Cc2c[nH]c3ccccc23)C(=O)N1C. The summed E-state index contributed by atoms with van der Waals surface area (Å²) in [7, 11) is 3.82. The van der Waals surface area contributed by atoms with Crippen LogP contribution in [0, 0.1) is 0 Å². The van der Waals surface area contributed by atoms with Crippen LogP contribution < -0.4 is 70.4 Å². The van der Waals surface area contributed by atoms with E-state index in [4.69, 9.17) is 17.2 Å². The summed E-state index contributed by atoms with van der Waals surface area (Å²) in [6.45, 7) is 1.53. The van der Waals surface area contributed by atoms with Gasteiger partial charge in [0.25, 0.3) is 0 Å². The lowest BCUT2D eigenvalue weighted by Crippen LogP contribution is -2.62. The molecule has 45 heteroatoms. The molecule has 9 rings (SSSR count). The smallest absolute Gasteiger partial charge is 0.246 e. The van der Waals surface area contributed by atoms with Gasteiger partial charge in [0.1, 0.15) is 90.3 Å². The third-order valence-corrected chi connectivity index (χ3v) is 24.8. The summed E-state index contributed by atoms with van der Waals surface area (Å²) < 4.78 is 0. The number of hydrogen-bond acceptors (Lipinski definition) is 24. The lowest BCUT2D eigenvalue weighted by molar-refractivity contribution is -0.149. The van der Waals surface area contributed by atoms with Gasteiger partial charge in [-0.15, -0.1) is 11.8 Å². The van der Waals surface area contributed by atoms with Crippen molar-refractivity contribution >= 4 is 140 Å². The molecule has 15 atom stereocenters. The third-order valence-electron chi connectivity index (χ3n) is 23.7. The molecule has 18 amide bonds. The Morgan fingerprint density at radius 2 is 1.05 bits per heavy atom. The van der Waals surface area contributed by atoms with Crippen molar-refractivity contribution in [1.82, 2.24) is 97.6 Å². The van der Waals surface area contributed by atoms with Gasteiger partial charge in [0.05, 0.1) is 43.5 Å². The van der Waals surface area contributed by atoms with Gasteiger partial charge in [0, 0.05) is 126 Å². The van der Waals surface area contributed by atoms with Crippen LogP contribution in [0.5, 0.6) is 5.75 Å². The number of carbonyl (C=O) groups is 18. The molecule has 720 valence electrons. The van der Waals surface area contributed by atoms with Crippen LogP contribution in [-0.2, 0) is 112 Å². The maximum atomic E-state index is 15.7. The summed E-state index contributed by atoms with van der Waals surface area (Å²) in [6, 6.07) is -3.45. The number of nitrogens with two attached hydrogens (primary N) is 3. The van der Waals surface area contributed by atoms with Crippen LogP contribution in [0.2, 0.25) is 0 Å². The van der Waals surface area contributed by atoms with Gasteiger partial charge >= 0.3 is 0 Å². The fourth-order valence-corrected chi connectivity index (χ4v) is 17.1. The molecule has 0 saturated carbocycles. The number of nitrogens with one attached hydrogen (secondary N) is 13. The Balaban J connectivity index is 1.09. The molecule has 0 spiro atoms. The zero-order valence-corrected chi connectivity index (χ0v) is 75.6. The fraction of sp³-hybridized carbons (Fsp3) is 0.511. The molecule has 3 aliphatic heterocycles. The van der Waals surface area contributed by atoms with E-state index in [-0.39, 0.29) is 62.9 Å². The molecule has 44 nitrogen and oxygen atoms in total. The number of aromatic nitrogens is 4. The van der Waals surface area contributed by atoms with Gasteiger partial charge in [0.2, 0.25) is 106 Å². The topological polar surface area (TPSA) is 663 Å². The maximum absolute atomic E-state index is 15.7. The van der Waals surface area contributed by atoms with Gasteiger partial charge in [-0.2, -0.15) is 0 Å². The number of para-hydroxylation sites is 2. The first kappa shape index (κ1) is 103. The number of aliphatic hydroxyl groups is 3. The number of fused-ring (bicyclic) bond motifs is 4. The first-order chi connectivity index (χ1) is 63.4. The van der Waals surface area contributed by atoms with Crippen LogP contribution in [0.4, 0.5) is 0 Å². The predicted molar refractivity (Wildman–Crippen MR) is 481 cm³/mol. The Hall–Kier alpha value is -13.6. The average Bonchev–Trinajstić information content (AvgIpc) is 1.66. The van der Waals surface area contributed by atoms with Gasteiger partial charge in [-0.25, -0.2) is 4.98 Å². The normalized spacial score (nSPS) is 24.9. The van der Waals surface area contributed by atoms with Crippen LogP contribution in [0.3, 0.4) is 0 Å². The lowest BCUT2D eigenvalue weighted by Gasteiger charge is -2.36. The largest absolute Gasteiger partial charge is 0.508 e. The zero-order chi connectivity index (χ0) is 97.0. The van der Waals surface area contributed by atoms with Gasteiger partial charge in [-0.05, 0) is 86.4 Å². The number of amides is 18. The number of likely N-dealkylation sites (N-methyl/N-ethyl adjacent to an activating group) is 3. The summed E-state index contributed by atoms with van der Waals surface area (Å²) in [6.07, 6.45) is 1.64. The van der Waals surface area contributed by atoms with Crippen molar-refractivity contribution in [3.8, 4) is 5.75 Å². The second-order valence-corrected chi connectivity index (χ2v) is 34.4. The molecule has 3 aliphatic rings. The summed E-state index contributed by atoms with van der Waals surface area (Å²) >= 11 is 0.735. The highest BCUT2D eigenvalue weighted by Gasteiger charge is 2.47. The number of phenols is 1. The van der Waals surface area contributed by atoms with Crippen molar-refractivity contribution in [3.63, 3.8) is 0 Å². The van der Waals surface area contributed by atoms with Crippen molar-refractivity contribution in [2.24, 2.45) is 17.2 Å². The van der Waals surface area contributed by atoms with E-state index in [2.05, 4.69) is 73.1 Å². The molecule has 3 aromatic carbocycles. The molecule has 133 heavy (non-hydrogen) atoms. The van der Waals surface area contributed by atoms with E-state index in [1.807, 2.05) is 13.8 Å². The fourth-order valence-electron chi connectivity index (χ4n) is 16.2. The summed E-state index contributed by atoms with van der Waals surface area (Å²) in [5, 5.41) is 70.1. The molecule has 3 fully saturated rings. The number of thioether (sulfide) groups is 1. The first-order valence-electron chi connectivity index (χ1n) is 44.0. The molecular weight excluding hydrogens is 1750 g/mol. The van der Waals surface area contributed by atoms with Crippen molar-refractivity contribution in [1.29, 1.82) is 0 Å². The van der Waals surface area contributed by atoms with Gasteiger partial charge in [0.15, 0.2) is 0 Å². The molecule has 3 saturated heterocycles. The zero-order valence-electron chi connectivity index (χ0n) is 74.8. The molecule has 0 aliphatic carbocycles. The number of aliphatic hydroxyl groups excluding tert-OH is 3. The van der Waals surface area contributed by atoms with Crippen molar-refractivity contribution in [2.45, 2.75) is 221 Å². The van der Waals surface area contributed by atoms with Crippen molar-refractivity contribution in [3.05, 3.63) is 120 Å². The van der Waals surface area contributed by atoms with E-state index in [1.165, 1.54) is 64.9 Å². The average molecular weight is 1870 g/mol. The Bertz CT molecular complexity index is 5170. The van der Waals surface area contributed by atoms with Crippen LogP contribution in [0.25, 0.3) is 21.8 Å². The lowest BCUT2D eigenvalue weighted by atomic mass is 10.00. The van der Waals surface area contributed by atoms with E-state index >= 15 is 33.6 Å². The highest BCUT2D eigenvalue weighted by atomic mass is 32.2. The second kappa shape index (κ2) is 49.1. The van der Waals surface area contributed by atoms with E-state index in [1.54, 1.807) is 60.9 Å². The van der Waals surface area contributed by atoms with E-state index in [0.717, 1.165) is 36.3 Å². The number of rotatable bonds is 25. The molecule has 3 aromatic heterocycles. The molecule has 6 heterocycles. The van der Waals surface area contributed by atoms with Crippen LogP contribution in [0.15, 0.2) is 97.7 Å². The standard InChI is InChI=1S/C88H120N22O22S/c1-7-9-20-67-81(125)98-58(29-31-111)77(121)105-66(76(120)95-41-73(91)117)44-133-45-74(118)97-62(32-48-23-25-52(113)26-24-48)84(128)106(4)47(3)75(119)102-64(37-72(90)116)87(131)109-30-15-22-68(109)82(126)101-61(35-51-40-92-46-96-51)79(123)99-59(27-28-71(89)115)86(130)110-42-53(114)36-70(110)83(127)100-60(33-49-38-93-56-18-13-11-16-54(49)56)78(122)104-65(43-112)80(124)103-63(34-50-39-94-57-19-14-12-17-55(50)57)85(129)108(6)69(21-10-8-2)88(132)107(67)5/h11-14,16-19,23-26,38-40,46-47,53,58-70,93-94,111-114H,7-10,15,20-22,27-37,41-45H2,1-6H3,(H2,89,115)(H2,90,116)(H2,91,117)(H,92,96)(H,95,120)(H,97,118)(H,98,125)(H,99,123)(H,100,127)(H,101,126)(H,102,119)(H,103,124)(H,104,122)(H,105,121)/t47-,53+,58-,59-,60-,61-,62-,63-,64-,65-,66-,67-,68-,69-,70-/m0/s1. The minimum Gasteiger partial charge on any atom is -0.508 e. The number of carbonyl (C=O) groups excluding carboxylic acids is 18. The van der Waals surface area contributed by atoms with Crippen LogP contribution >= 0.6 is 11.8 Å². The minimum atomic E-state index is -1.93. The monoisotopic (exact) mass is 1870 g/mol. The van der Waals surface area contributed by atoms with E-state index in [0.29, 0.717) is 64.2 Å². The molecule has 0 radical (unpaired) electrons. The van der Waals surface area contributed by atoms with Crippen LogP contribution in [-0.4, -0.2) is 327 Å². The number of H-pyrrole nitrogens is 3. The minimum absolute atomic E-state index is 0.0284. The van der Waals surface area contributed by atoms with E-state index in [9.17, 15) is 73.2 Å². The molecule has 0 bridgehead atoms. The Morgan fingerprint density at radius 3 is 1.65 bits per heavy atom. The number of phenolic OH excluding ortho intramolecular Hbond substituents is 1. The number of imidazole rings is 1. The third kappa shape index (κ3) is 28.2. The Kier molecular flexibility index (Phi) is 38.1.